The summed E-state index contributed by atoms with van der Waals surface area (Å²) in [6.45, 7) is 2.02. The Kier molecular flexibility index (Phi) is 6.11. The number of anilines is 2. The number of H-pyrrole nitrogens is 1. The standard InChI is InChI=1S/C22H19ClN4O3S/c1-12-4-2-3-5-13(12)11-31-22-26-19-18(21(30)27-22)16(10-17(28)25-19)20(29)24-15-8-6-14(23)7-9-15/h2-9,16H,10-11H2,1H3,(H,24,29)(H2,25,26,27,28,30)/t16-/m0/s1. The normalized spacial score (nSPS) is 15.2. The fourth-order valence-electron chi connectivity index (χ4n) is 3.32. The van der Waals surface area contributed by atoms with Crippen molar-refractivity contribution in [3.8, 4) is 0 Å². The van der Waals surface area contributed by atoms with Crippen LogP contribution in [-0.4, -0.2) is 21.8 Å². The molecule has 1 aliphatic rings. The van der Waals surface area contributed by atoms with E-state index in [1.54, 1.807) is 24.3 Å². The number of hydrogen-bond donors (Lipinski definition) is 3. The zero-order valence-corrected chi connectivity index (χ0v) is 18.1. The van der Waals surface area contributed by atoms with Gasteiger partial charge in [-0.25, -0.2) is 4.98 Å². The molecular weight excluding hydrogens is 436 g/mol. The van der Waals surface area contributed by atoms with Crippen molar-refractivity contribution in [1.29, 1.82) is 0 Å². The van der Waals surface area contributed by atoms with Crippen LogP contribution in [0.2, 0.25) is 5.02 Å². The first-order valence-electron chi connectivity index (χ1n) is 9.58. The number of aromatic nitrogens is 2. The van der Waals surface area contributed by atoms with Crippen molar-refractivity contribution in [2.75, 3.05) is 10.6 Å². The molecule has 0 radical (unpaired) electrons. The third-order valence-corrected chi connectivity index (χ3v) is 6.16. The van der Waals surface area contributed by atoms with E-state index in [1.165, 1.54) is 11.8 Å². The number of hydrogen-bond acceptors (Lipinski definition) is 5. The van der Waals surface area contributed by atoms with Crippen LogP contribution in [0.4, 0.5) is 11.5 Å². The molecule has 1 aromatic heterocycles. The molecule has 1 atom stereocenters. The summed E-state index contributed by atoms with van der Waals surface area (Å²) in [4.78, 5) is 45.0. The number of aromatic amines is 1. The highest BCUT2D eigenvalue weighted by Crippen LogP contribution is 2.31. The van der Waals surface area contributed by atoms with Crippen LogP contribution < -0.4 is 16.2 Å². The van der Waals surface area contributed by atoms with Crippen LogP contribution in [0.3, 0.4) is 0 Å². The van der Waals surface area contributed by atoms with Gasteiger partial charge in [-0.3, -0.25) is 14.4 Å². The van der Waals surface area contributed by atoms with Crippen LogP contribution >= 0.6 is 23.4 Å². The molecule has 7 nitrogen and oxygen atoms in total. The molecular formula is C22H19ClN4O3S. The largest absolute Gasteiger partial charge is 0.326 e. The molecule has 31 heavy (non-hydrogen) atoms. The summed E-state index contributed by atoms with van der Waals surface area (Å²) >= 11 is 7.23. The van der Waals surface area contributed by atoms with Crippen LogP contribution in [0.15, 0.2) is 58.5 Å². The van der Waals surface area contributed by atoms with Gasteiger partial charge in [0.15, 0.2) is 5.16 Å². The first-order valence-corrected chi connectivity index (χ1v) is 10.9. The number of amides is 2. The Hall–Kier alpha value is -3.10. The molecule has 2 aromatic carbocycles. The lowest BCUT2D eigenvalue weighted by molar-refractivity contribution is -0.123. The lowest BCUT2D eigenvalue weighted by Gasteiger charge is -2.23. The number of halogens is 1. The number of carbonyl (C=O) groups excluding carboxylic acids is 2. The van der Waals surface area contributed by atoms with Crippen molar-refractivity contribution < 1.29 is 9.59 Å². The fourth-order valence-corrected chi connectivity index (χ4v) is 4.39. The van der Waals surface area contributed by atoms with E-state index >= 15 is 0 Å². The van der Waals surface area contributed by atoms with Gasteiger partial charge in [-0.05, 0) is 42.3 Å². The first-order chi connectivity index (χ1) is 14.9. The molecule has 0 aliphatic carbocycles. The van der Waals surface area contributed by atoms with Gasteiger partial charge in [-0.2, -0.15) is 0 Å². The smallest absolute Gasteiger partial charge is 0.257 e. The average molecular weight is 455 g/mol. The summed E-state index contributed by atoms with van der Waals surface area (Å²) in [5.41, 5.74) is 2.51. The molecule has 3 aromatic rings. The summed E-state index contributed by atoms with van der Waals surface area (Å²) in [6.07, 6.45) is -0.132. The Morgan fingerprint density at radius 1 is 1.19 bits per heavy atom. The highest BCUT2D eigenvalue weighted by Gasteiger charge is 2.34. The molecule has 9 heteroatoms. The van der Waals surface area contributed by atoms with Crippen molar-refractivity contribution >= 4 is 46.7 Å². The topological polar surface area (TPSA) is 104 Å². The second-order valence-electron chi connectivity index (χ2n) is 7.15. The molecule has 0 bridgehead atoms. The van der Waals surface area contributed by atoms with E-state index in [-0.39, 0.29) is 23.7 Å². The number of carbonyl (C=O) groups is 2. The molecule has 0 saturated heterocycles. The van der Waals surface area contributed by atoms with Gasteiger partial charge in [0.1, 0.15) is 5.82 Å². The Bertz CT molecular complexity index is 1210. The summed E-state index contributed by atoms with van der Waals surface area (Å²) in [6, 6.07) is 14.5. The Morgan fingerprint density at radius 3 is 2.68 bits per heavy atom. The van der Waals surface area contributed by atoms with Crippen molar-refractivity contribution in [2.24, 2.45) is 0 Å². The minimum Gasteiger partial charge on any atom is -0.326 e. The minimum atomic E-state index is -0.939. The molecule has 158 valence electrons. The predicted molar refractivity (Wildman–Crippen MR) is 122 cm³/mol. The monoisotopic (exact) mass is 454 g/mol. The van der Waals surface area contributed by atoms with Gasteiger partial charge in [-0.1, -0.05) is 47.6 Å². The van der Waals surface area contributed by atoms with Gasteiger partial charge in [0, 0.05) is 22.9 Å². The summed E-state index contributed by atoms with van der Waals surface area (Å²) in [7, 11) is 0. The van der Waals surface area contributed by atoms with Crippen molar-refractivity contribution in [1.82, 2.24) is 9.97 Å². The van der Waals surface area contributed by atoms with E-state index in [2.05, 4.69) is 20.6 Å². The molecule has 1 aliphatic heterocycles. The molecule has 0 fully saturated rings. The zero-order chi connectivity index (χ0) is 22.0. The number of fused-ring (bicyclic) bond motifs is 1. The summed E-state index contributed by atoms with van der Waals surface area (Å²) in [5, 5.41) is 6.28. The SMILES string of the molecule is Cc1ccccc1CSc1nc2c(c(=O)[nH]1)[C@@H](C(=O)Nc1ccc(Cl)cc1)CC(=O)N2. The summed E-state index contributed by atoms with van der Waals surface area (Å²) < 4.78 is 0. The van der Waals surface area contributed by atoms with Gasteiger partial charge in [0.25, 0.3) is 5.56 Å². The van der Waals surface area contributed by atoms with Gasteiger partial charge < -0.3 is 15.6 Å². The number of thioether (sulfide) groups is 1. The van der Waals surface area contributed by atoms with Crippen molar-refractivity contribution in [3.05, 3.63) is 80.6 Å². The van der Waals surface area contributed by atoms with E-state index in [9.17, 15) is 14.4 Å². The molecule has 4 rings (SSSR count). The number of nitrogens with zero attached hydrogens (tertiary/aromatic N) is 1. The molecule has 0 spiro atoms. The molecule has 3 N–H and O–H groups in total. The quantitative estimate of drug-likeness (QED) is 0.398. The second kappa shape index (κ2) is 8.95. The van der Waals surface area contributed by atoms with Crippen molar-refractivity contribution in [3.63, 3.8) is 0 Å². The maximum atomic E-state index is 12.8. The van der Waals surface area contributed by atoms with Crippen LogP contribution in [0.5, 0.6) is 0 Å². The lowest BCUT2D eigenvalue weighted by Crippen LogP contribution is -2.36. The van der Waals surface area contributed by atoms with E-state index in [4.69, 9.17) is 11.6 Å². The van der Waals surface area contributed by atoms with Gasteiger partial charge in [-0.15, -0.1) is 0 Å². The van der Waals surface area contributed by atoms with E-state index < -0.39 is 17.4 Å². The number of aryl methyl sites for hydroxylation is 1. The third-order valence-electron chi connectivity index (χ3n) is 4.98. The van der Waals surface area contributed by atoms with Crippen molar-refractivity contribution in [2.45, 2.75) is 30.2 Å². The number of nitrogens with one attached hydrogen (secondary N) is 3. The molecule has 2 amide bonds. The Labute approximate surface area is 187 Å². The molecule has 2 heterocycles. The average Bonchev–Trinajstić information content (AvgIpc) is 2.74. The van der Waals surface area contributed by atoms with E-state index in [0.717, 1.165) is 11.1 Å². The predicted octanol–water partition coefficient (Wildman–Crippen LogP) is 4.09. The maximum Gasteiger partial charge on any atom is 0.257 e. The molecule has 0 saturated carbocycles. The van der Waals surface area contributed by atoms with E-state index in [1.807, 2.05) is 31.2 Å². The third kappa shape index (κ3) is 4.81. The van der Waals surface area contributed by atoms with E-state index in [0.29, 0.717) is 21.6 Å². The number of benzene rings is 2. The van der Waals surface area contributed by atoms with Crippen LogP contribution in [0.25, 0.3) is 0 Å². The lowest BCUT2D eigenvalue weighted by atomic mass is 9.92. The van der Waals surface area contributed by atoms with Crippen LogP contribution in [0, 0.1) is 6.92 Å². The van der Waals surface area contributed by atoms with Crippen LogP contribution in [-0.2, 0) is 15.3 Å². The second-order valence-corrected chi connectivity index (χ2v) is 8.55. The first kappa shape index (κ1) is 21.1. The van der Waals surface area contributed by atoms with Crippen LogP contribution in [0.1, 0.15) is 29.0 Å². The van der Waals surface area contributed by atoms with Gasteiger partial charge in [0.2, 0.25) is 11.8 Å². The highest BCUT2D eigenvalue weighted by molar-refractivity contribution is 7.98. The Morgan fingerprint density at radius 2 is 1.94 bits per heavy atom. The molecule has 0 unspecified atom stereocenters. The number of rotatable bonds is 5. The van der Waals surface area contributed by atoms with Gasteiger partial charge in [0.05, 0.1) is 11.5 Å². The summed E-state index contributed by atoms with van der Waals surface area (Å²) in [5.74, 6) is -1.01. The Balaban J connectivity index is 1.58. The minimum absolute atomic E-state index is 0.128. The fraction of sp³-hybridized carbons (Fsp3) is 0.182. The van der Waals surface area contributed by atoms with Gasteiger partial charge >= 0.3 is 0 Å². The zero-order valence-electron chi connectivity index (χ0n) is 16.6. The maximum absolute atomic E-state index is 12.8. The highest BCUT2D eigenvalue weighted by atomic mass is 35.5.